The summed E-state index contributed by atoms with van der Waals surface area (Å²) in [6, 6.07) is 10.9. The highest BCUT2D eigenvalue weighted by Gasteiger charge is 2.27. The first kappa shape index (κ1) is 28.2. The van der Waals surface area contributed by atoms with E-state index >= 15 is 4.39 Å². The van der Waals surface area contributed by atoms with Gasteiger partial charge in [0.1, 0.15) is 46.7 Å². The van der Waals surface area contributed by atoms with Gasteiger partial charge >= 0.3 is 0 Å². The number of hydrogen-bond acceptors (Lipinski definition) is 7. The van der Waals surface area contributed by atoms with Crippen molar-refractivity contribution in [3.05, 3.63) is 90.2 Å². The van der Waals surface area contributed by atoms with Crippen molar-refractivity contribution >= 4 is 33.0 Å². The molecule has 0 spiro atoms. The fourth-order valence-electron chi connectivity index (χ4n) is 4.86. The number of H-pyrrole nitrogens is 1. The molecule has 0 saturated carbocycles. The van der Waals surface area contributed by atoms with Gasteiger partial charge in [0.05, 0.1) is 29.6 Å². The summed E-state index contributed by atoms with van der Waals surface area (Å²) in [5.74, 6) is -1.92. The first-order valence-electron chi connectivity index (χ1n) is 13.3. The van der Waals surface area contributed by atoms with E-state index in [0.29, 0.717) is 38.7 Å². The van der Waals surface area contributed by atoms with E-state index < -0.39 is 17.7 Å². The summed E-state index contributed by atoms with van der Waals surface area (Å²) >= 11 is 1.39. The van der Waals surface area contributed by atoms with Gasteiger partial charge in [-0.25, -0.2) is 18.7 Å². The lowest BCUT2D eigenvalue weighted by Gasteiger charge is -2.17. The molecular weight excluding hydrogens is 574 g/mol. The van der Waals surface area contributed by atoms with Gasteiger partial charge in [-0.3, -0.25) is 9.89 Å². The maximum atomic E-state index is 15.8. The predicted molar refractivity (Wildman–Crippen MR) is 161 cm³/mol. The number of carbonyl (C=O) groups is 1. The van der Waals surface area contributed by atoms with Crippen molar-refractivity contribution < 1.29 is 23.0 Å². The molecule has 0 fully saturated rings. The summed E-state index contributed by atoms with van der Waals surface area (Å²) in [6.07, 6.45) is 4.95. The number of benzene rings is 1. The lowest BCUT2D eigenvalue weighted by molar-refractivity contribution is -0.117. The summed E-state index contributed by atoms with van der Waals surface area (Å²) < 4.78 is 43.8. The van der Waals surface area contributed by atoms with Gasteiger partial charge in [-0.05, 0) is 42.6 Å². The van der Waals surface area contributed by atoms with E-state index in [2.05, 4.69) is 22.1 Å². The van der Waals surface area contributed by atoms with Crippen LogP contribution in [0.2, 0.25) is 0 Å². The first-order chi connectivity index (χ1) is 20.9. The van der Waals surface area contributed by atoms with Crippen molar-refractivity contribution in [1.29, 1.82) is 0 Å². The van der Waals surface area contributed by atoms with Crippen molar-refractivity contribution in [3.8, 4) is 39.7 Å². The highest BCUT2D eigenvalue weighted by molar-refractivity contribution is 7.18. The Morgan fingerprint density at radius 2 is 2.00 bits per heavy atom. The maximum Gasteiger partial charge on any atom is 0.243 e. The molecule has 9 nitrogen and oxygen atoms in total. The van der Waals surface area contributed by atoms with Crippen LogP contribution in [0.5, 0.6) is 5.75 Å². The quantitative estimate of drug-likeness (QED) is 0.141. The zero-order valence-electron chi connectivity index (χ0n) is 23.2. The largest absolute Gasteiger partial charge is 0.490 e. The second kappa shape index (κ2) is 11.7. The molecule has 0 aliphatic rings. The molecule has 1 atom stereocenters. The number of amides is 1. The summed E-state index contributed by atoms with van der Waals surface area (Å²) in [7, 11) is 1.51. The molecule has 1 aromatic carbocycles. The number of halogens is 2. The van der Waals surface area contributed by atoms with E-state index in [1.807, 2.05) is 46.4 Å². The molecule has 12 heteroatoms. The Balaban J connectivity index is 1.61. The van der Waals surface area contributed by atoms with Crippen molar-refractivity contribution in [2.45, 2.75) is 13.0 Å². The van der Waals surface area contributed by atoms with Crippen LogP contribution < -0.4 is 10.1 Å². The molecule has 6 aromatic rings. The smallest absolute Gasteiger partial charge is 0.243 e. The first-order valence-corrected chi connectivity index (χ1v) is 14.2. The molecule has 0 bridgehead atoms. The van der Waals surface area contributed by atoms with Crippen molar-refractivity contribution in [3.63, 3.8) is 0 Å². The van der Waals surface area contributed by atoms with E-state index in [4.69, 9.17) is 19.4 Å². The van der Waals surface area contributed by atoms with E-state index in [-0.39, 0.29) is 30.4 Å². The van der Waals surface area contributed by atoms with Crippen LogP contribution in [-0.2, 0) is 9.53 Å². The minimum absolute atomic E-state index is 0.00940. The number of thiophene rings is 1. The van der Waals surface area contributed by atoms with Gasteiger partial charge in [-0.15, -0.1) is 11.3 Å². The summed E-state index contributed by atoms with van der Waals surface area (Å²) in [5.41, 5.74) is 3.66. The number of fused-ring (bicyclic) bond motifs is 2. The highest BCUT2D eigenvalue weighted by Crippen LogP contribution is 2.46. The second-order valence-electron chi connectivity index (χ2n) is 9.68. The molecule has 43 heavy (non-hydrogen) atoms. The Hall–Kier alpha value is -4.94. The minimum atomic E-state index is -0.812. The Morgan fingerprint density at radius 3 is 2.79 bits per heavy atom. The Labute approximate surface area is 248 Å². The number of hydrogen-bond donors (Lipinski definition) is 2. The SMILES string of the molecule is C=CC(=O)N[C@H](C)c1cc(-c2nc(-c3cn4ccccc4n3)c3ccsc3c2-c2c(F)cc(F)cc2OCCOC)n[nH]1. The third-order valence-corrected chi connectivity index (χ3v) is 7.81. The fraction of sp³-hybridized carbons (Fsp3) is 0.161. The topological polar surface area (TPSA) is 106 Å². The maximum absolute atomic E-state index is 15.8. The molecule has 218 valence electrons. The van der Waals surface area contributed by atoms with Crippen LogP contribution in [0.15, 0.2) is 72.9 Å². The van der Waals surface area contributed by atoms with Gasteiger partial charge < -0.3 is 19.2 Å². The van der Waals surface area contributed by atoms with Crippen LogP contribution >= 0.6 is 11.3 Å². The van der Waals surface area contributed by atoms with E-state index in [1.165, 1.54) is 24.5 Å². The number of aromatic amines is 1. The normalized spacial score (nSPS) is 12.1. The third kappa shape index (κ3) is 5.38. The van der Waals surface area contributed by atoms with Crippen molar-refractivity contribution in [2.75, 3.05) is 20.3 Å². The average molecular weight is 601 g/mol. The lowest BCUT2D eigenvalue weighted by Crippen LogP contribution is -2.24. The number of aromatic nitrogens is 5. The average Bonchev–Trinajstić information content (AvgIpc) is 3.76. The number of methoxy groups -OCH3 is 1. The van der Waals surface area contributed by atoms with Gasteiger partial charge in [-0.2, -0.15) is 5.10 Å². The standard InChI is InChI=1S/C31H26F2N6O3S/c1-4-26(40)34-17(2)21-15-22(38-37-21)30-28(27-20(33)13-18(32)14-24(27)42-11-10-41-3)31-19(8-12-43-31)29(36-30)23-16-39-9-6-5-7-25(39)35-23/h4-9,12-17H,1,10-11H2,2-3H3,(H,34,40)(H,37,38)/t17-/m1/s1. The zero-order valence-corrected chi connectivity index (χ0v) is 24.0. The van der Waals surface area contributed by atoms with Crippen molar-refractivity contribution in [2.24, 2.45) is 0 Å². The van der Waals surface area contributed by atoms with Gasteiger partial charge in [0, 0.05) is 47.3 Å². The molecular formula is C31H26F2N6O3S. The molecule has 1 amide bonds. The number of pyridine rings is 2. The summed E-state index contributed by atoms with van der Waals surface area (Å²) in [4.78, 5) is 21.8. The monoisotopic (exact) mass is 600 g/mol. The highest BCUT2D eigenvalue weighted by atomic mass is 32.1. The van der Waals surface area contributed by atoms with E-state index in [1.54, 1.807) is 13.0 Å². The van der Waals surface area contributed by atoms with Crippen LogP contribution in [0, 0.1) is 11.6 Å². The van der Waals surface area contributed by atoms with Crippen LogP contribution in [0.4, 0.5) is 8.78 Å². The lowest BCUT2D eigenvalue weighted by atomic mass is 9.97. The molecule has 0 aliphatic heterocycles. The number of rotatable bonds is 10. The van der Waals surface area contributed by atoms with Gasteiger partial charge in [-0.1, -0.05) is 12.6 Å². The molecule has 0 unspecified atom stereocenters. The van der Waals surface area contributed by atoms with Crippen molar-refractivity contribution in [1.82, 2.24) is 29.9 Å². The second-order valence-corrected chi connectivity index (χ2v) is 10.6. The number of nitrogens with one attached hydrogen (secondary N) is 2. The Kier molecular flexibility index (Phi) is 7.70. The molecule has 0 saturated heterocycles. The zero-order chi connectivity index (χ0) is 30.1. The number of carbonyl (C=O) groups excluding carboxylic acids is 1. The van der Waals surface area contributed by atoms with Gasteiger partial charge in [0.2, 0.25) is 5.91 Å². The molecule has 0 radical (unpaired) electrons. The van der Waals surface area contributed by atoms with Crippen LogP contribution in [0.1, 0.15) is 18.7 Å². The fourth-order valence-corrected chi connectivity index (χ4v) is 5.81. The Morgan fingerprint density at radius 1 is 1.14 bits per heavy atom. The van der Waals surface area contributed by atoms with Crippen LogP contribution in [0.3, 0.4) is 0 Å². The summed E-state index contributed by atoms with van der Waals surface area (Å²) in [5, 5.41) is 12.9. The molecule has 6 rings (SSSR count). The van der Waals surface area contributed by atoms with Crippen LogP contribution in [0.25, 0.3) is 49.6 Å². The van der Waals surface area contributed by atoms with E-state index in [0.717, 1.165) is 23.2 Å². The minimum Gasteiger partial charge on any atom is -0.490 e. The van der Waals surface area contributed by atoms with Gasteiger partial charge in [0.25, 0.3) is 0 Å². The number of ether oxygens (including phenoxy) is 2. The number of nitrogens with zero attached hydrogens (tertiary/aromatic N) is 4. The molecule has 2 N–H and O–H groups in total. The molecule has 5 heterocycles. The third-order valence-electron chi connectivity index (χ3n) is 6.88. The molecule has 0 aliphatic carbocycles. The number of imidazole rings is 1. The van der Waals surface area contributed by atoms with Crippen LogP contribution in [-0.4, -0.2) is 50.8 Å². The van der Waals surface area contributed by atoms with Gasteiger partial charge in [0.15, 0.2) is 0 Å². The molecule has 5 aromatic heterocycles. The summed E-state index contributed by atoms with van der Waals surface area (Å²) in [6.45, 7) is 5.59. The predicted octanol–water partition coefficient (Wildman–Crippen LogP) is 6.33. The van der Waals surface area contributed by atoms with E-state index in [9.17, 15) is 9.18 Å². The Bertz CT molecular complexity index is 1950.